The van der Waals surface area contributed by atoms with Gasteiger partial charge in [-0.25, -0.2) is 14.4 Å². The van der Waals surface area contributed by atoms with Gasteiger partial charge in [-0.1, -0.05) is 136 Å². The maximum absolute atomic E-state index is 14.6. The summed E-state index contributed by atoms with van der Waals surface area (Å²) in [5, 5.41) is 152. The number of ketones is 1. The number of ether oxygens (including phenoxy) is 4. The number of rotatable bonds is 29. The van der Waals surface area contributed by atoms with E-state index in [9.17, 15) is 110 Å². The number of allylic oxidation sites excluding steroid dienone is 7. The molecular formula is C83H133N3O26. The summed E-state index contributed by atoms with van der Waals surface area (Å²) in [7, 11) is 1.16. The van der Waals surface area contributed by atoms with E-state index >= 15 is 0 Å². The van der Waals surface area contributed by atoms with Gasteiger partial charge < -0.3 is 101 Å². The lowest BCUT2D eigenvalue weighted by atomic mass is 9.72. The number of hydrogen-bond donors (Lipinski definition) is 16. The van der Waals surface area contributed by atoms with Gasteiger partial charge in [-0.3, -0.25) is 28.8 Å². The first-order valence-corrected chi connectivity index (χ1v) is 38.9. The molecular weight excluding hydrogens is 1450 g/mol. The van der Waals surface area contributed by atoms with Crippen LogP contribution in [0.4, 0.5) is 0 Å². The third-order valence-corrected chi connectivity index (χ3v) is 21.6. The number of carboxylic acid groups (broad SMARTS) is 2. The van der Waals surface area contributed by atoms with Crippen molar-refractivity contribution in [3.63, 3.8) is 0 Å². The summed E-state index contributed by atoms with van der Waals surface area (Å²) >= 11 is 0. The van der Waals surface area contributed by atoms with Gasteiger partial charge in [-0.15, -0.1) is 0 Å². The molecule has 2 aliphatic rings. The number of Topliss-reactive ketones (excluding diaryl/α,β-unsaturated/α-hetero) is 1. The van der Waals surface area contributed by atoms with Crippen LogP contribution >= 0.6 is 0 Å². The SMILES string of the molecule is COC(=O)C(C)(C)C(O)C(C)C(=O)C(C)(C)/C=C/C(=O)NC(C(O)C(C)C)C(O)C(C)/C=C(\C)C(O)C(C)CCC(O)C(C)C(=O)NC(C(C)O)C1OC(=O)C(C(O)C(=O)O)NC(=O)C=CC=CCCC=CC=CCC2CC(C)CC(CC(O)C(C)C(O)C(C)=CC(C)C(O)C(C)=CCC(OC(=O)CC(O)C(=O)O)C1C)O2. The summed E-state index contributed by atoms with van der Waals surface area (Å²) in [4.78, 5) is 120. The Hall–Kier alpha value is -7.13. The zero-order valence-electron chi connectivity index (χ0n) is 68.8. The van der Waals surface area contributed by atoms with Crippen molar-refractivity contribution in [3.8, 4) is 0 Å². The van der Waals surface area contributed by atoms with Crippen LogP contribution in [0.1, 0.15) is 189 Å². The van der Waals surface area contributed by atoms with Gasteiger partial charge in [0.2, 0.25) is 17.7 Å². The predicted octanol–water partition coefficient (Wildman–Crippen LogP) is 5.26. The van der Waals surface area contributed by atoms with E-state index in [4.69, 9.17) is 18.9 Å². The van der Waals surface area contributed by atoms with E-state index in [1.165, 1.54) is 79.7 Å². The Morgan fingerprint density at radius 3 is 1.88 bits per heavy atom. The monoisotopic (exact) mass is 1590 g/mol. The minimum atomic E-state index is -2.71. The van der Waals surface area contributed by atoms with Crippen molar-refractivity contribution >= 4 is 53.4 Å². The van der Waals surface area contributed by atoms with Gasteiger partial charge in [0.1, 0.15) is 18.0 Å². The van der Waals surface area contributed by atoms with Crippen LogP contribution in [-0.4, -0.2) is 237 Å². The number of nitrogens with one attached hydrogen (secondary N) is 3. The topological polar surface area (TPSA) is 490 Å². The number of methoxy groups -OCH3 is 1. The molecule has 0 aromatic rings. The van der Waals surface area contributed by atoms with Crippen LogP contribution in [0.2, 0.25) is 0 Å². The molecule has 26 atom stereocenters. The standard InChI is InChI=1S/C83H133N3O26/c1-43(2)68(94)66(84-63(92)35-36-82(15,16)75(100)54(13)76(101)83(17,18)81(108)109-19)72(98)50(9)40-48(7)69(95)45(4)31-33-58(88)52(11)77(102)86-65(55(14)87)74-53(12)61(111-64(93)42-60(90)78(103)104)34-32-46(5)70(96)47(6)39-49(8)71(97)51(10)59(89)41-57-38-44(3)37-56(110-57)29-27-25-23-21-20-22-24-26-28-30-62(91)85-67(80(107)112-74)73(99)79(105)106/h21,23-28,30,32,35-36,39-40,43-45,47,50-61,65-74,76,87-90,94-99,101H,20,22,29,31,33-34,37-38,41-42H2,1-19H3,(H,84,92)(H,85,91)(H,86,102)(H,103,104)(H,105,106)/b23-21?,26-24?,27-25?,30-28?,36-35+,46-32?,48-40+,49-39?. The van der Waals surface area contributed by atoms with E-state index in [0.717, 1.165) is 32.6 Å². The van der Waals surface area contributed by atoms with Crippen LogP contribution in [0.25, 0.3) is 0 Å². The normalized spacial score (nSPS) is 27.6. The minimum Gasteiger partial charge on any atom is -0.479 e. The smallest absolute Gasteiger partial charge is 0.335 e. The number of amides is 3. The van der Waals surface area contributed by atoms with Crippen molar-refractivity contribution in [2.24, 2.45) is 64.1 Å². The number of carbonyl (C=O) groups is 9. The molecule has 2 rings (SSSR count). The van der Waals surface area contributed by atoms with Crippen LogP contribution in [0.3, 0.4) is 0 Å². The van der Waals surface area contributed by atoms with Crippen LogP contribution in [0, 0.1) is 64.1 Å². The lowest BCUT2D eigenvalue weighted by Gasteiger charge is -2.38. The molecule has 0 saturated carbocycles. The van der Waals surface area contributed by atoms with Gasteiger partial charge in [0.25, 0.3) is 0 Å². The van der Waals surface area contributed by atoms with E-state index in [1.807, 2.05) is 24.3 Å². The number of carbonyl (C=O) groups excluding carboxylic acids is 7. The van der Waals surface area contributed by atoms with Gasteiger partial charge in [0.05, 0.1) is 104 Å². The number of cyclic esters (lactones) is 1. The Morgan fingerprint density at radius 2 is 1.30 bits per heavy atom. The number of fused-ring (bicyclic) bond motifs is 2. The molecule has 3 amide bonds. The second kappa shape index (κ2) is 47.7. The first-order chi connectivity index (χ1) is 51.9. The molecule has 2 aliphatic heterocycles. The molecule has 1 saturated heterocycles. The highest BCUT2D eigenvalue weighted by Crippen LogP contribution is 2.36. The van der Waals surface area contributed by atoms with E-state index in [0.29, 0.717) is 42.7 Å². The van der Waals surface area contributed by atoms with Crippen molar-refractivity contribution in [2.45, 2.75) is 299 Å². The molecule has 0 aliphatic carbocycles. The Bertz CT molecular complexity index is 3320. The van der Waals surface area contributed by atoms with Crippen molar-refractivity contribution in [1.29, 1.82) is 0 Å². The fourth-order valence-corrected chi connectivity index (χ4v) is 13.9. The zero-order chi connectivity index (χ0) is 85.7. The van der Waals surface area contributed by atoms with Crippen LogP contribution < -0.4 is 16.0 Å². The van der Waals surface area contributed by atoms with Gasteiger partial charge >= 0.3 is 29.8 Å². The molecule has 26 unspecified atom stereocenters. The quantitative estimate of drug-likeness (QED) is 0.0196. The Labute approximate surface area is 660 Å². The van der Waals surface area contributed by atoms with Crippen molar-refractivity contribution in [1.82, 2.24) is 16.0 Å². The third kappa shape index (κ3) is 31.9. The molecule has 0 aromatic carbocycles. The third-order valence-electron chi connectivity index (χ3n) is 21.6. The molecule has 112 heavy (non-hydrogen) atoms. The molecule has 16 N–H and O–H groups in total. The van der Waals surface area contributed by atoms with Gasteiger partial charge in [0, 0.05) is 47.5 Å². The Morgan fingerprint density at radius 1 is 0.714 bits per heavy atom. The largest absolute Gasteiger partial charge is 0.479 e. The number of hydrogen-bond acceptors (Lipinski definition) is 24. The van der Waals surface area contributed by atoms with Gasteiger partial charge in [0.15, 0.2) is 18.2 Å². The lowest BCUT2D eigenvalue weighted by molar-refractivity contribution is -0.175. The van der Waals surface area contributed by atoms with E-state index in [-0.39, 0.29) is 37.0 Å². The van der Waals surface area contributed by atoms with Crippen molar-refractivity contribution in [2.75, 3.05) is 7.11 Å². The summed E-state index contributed by atoms with van der Waals surface area (Å²) in [6.45, 7) is 27.9. The van der Waals surface area contributed by atoms with Crippen LogP contribution in [0.5, 0.6) is 0 Å². The minimum absolute atomic E-state index is 0.0392. The maximum Gasteiger partial charge on any atom is 0.335 e. The maximum atomic E-state index is 14.6. The highest BCUT2D eigenvalue weighted by atomic mass is 16.6. The highest BCUT2D eigenvalue weighted by Gasteiger charge is 2.47. The van der Waals surface area contributed by atoms with Crippen LogP contribution in [-0.2, 0) is 62.1 Å². The second-order valence-electron chi connectivity index (χ2n) is 32.6. The molecule has 1 fully saturated rings. The summed E-state index contributed by atoms with van der Waals surface area (Å²) in [5.41, 5.74) is -1.81. The molecule has 636 valence electrons. The summed E-state index contributed by atoms with van der Waals surface area (Å²) < 4.78 is 23.0. The number of carboxylic acids is 2. The fraction of sp³-hybridized carbons (Fsp3) is 0.699. The summed E-state index contributed by atoms with van der Waals surface area (Å²) in [6.07, 6.45) is 0.673. The first-order valence-electron chi connectivity index (χ1n) is 38.9. The van der Waals surface area contributed by atoms with Gasteiger partial charge in [-0.05, 0) is 147 Å². The van der Waals surface area contributed by atoms with E-state index in [1.54, 1.807) is 73.6 Å². The predicted molar refractivity (Wildman–Crippen MR) is 417 cm³/mol. The number of aliphatic hydroxyl groups is 11. The number of aliphatic hydroxyl groups excluding tert-OH is 11. The molecule has 0 aromatic heterocycles. The van der Waals surface area contributed by atoms with Crippen molar-refractivity contribution < 1.29 is 128 Å². The molecule has 2 bridgehead atoms. The van der Waals surface area contributed by atoms with Gasteiger partial charge in [-0.2, -0.15) is 0 Å². The zero-order valence-corrected chi connectivity index (χ0v) is 68.8. The summed E-state index contributed by atoms with van der Waals surface area (Å²) in [5.74, 6) is -18.0. The fourth-order valence-electron chi connectivity index (χ4n) is 13.9. The summed E-state index contributed by atoms with van der Waals surface area (Å²) in [6, 6.07) is -5.55. The number of esters is 3. The average Bonchev–Trinajstić information content (AvgIpc) is 0.751. The molecule has 29 heteroatoms. The highest BCUT2D eigenvalue weighted by molar-refractivity contribution is 5.95. The Balaban J connectivity index is 2.69. The van der Waals surface area contributed by atoms with E-state index in [2.05, 4.69) is 22.9 Å². The first kappa shape index (κ1) is 101. The molecule has 0 radical (unpaired) electrons. The molecule has 2 heterocycles. The lowest BCUT2D eigenvalue weighted by Crippen LogP contribution is -2.59. The molecule has 0 spiro atoms. The van der Waals surface area contributed by atoms with Crippen molar-refractivity contribution in [3.05, 3.63) is 95.7 Å². The van der Waals surface area contributed by atoms with E-state index < -0.39 is 222 Å². The second-order valence-corrected chi connectivity index (χ2v) is 32.6. The Kier molecular flexibility index (Phi) is 43.0. The average molecular weight is 1590 g/mol. The molecule has 29 nitrogen and oxygen atoms in total. The number of aliphatic carboxylic acids is 2. The van der Waals surface area contributed by atoms with Crippen LogP contribution in [0.15, 0.2) is 95.7 Å².